The number of carbonyl (C=O) groups is 1. The SMILES string of the molecule is CCOCCOCCOCCOCCOCCOCCOCCOCCOCCOCCOC(C)=O. The summed E-state index contributed by atoms with van der Waals surface area (Å²) in [5, 5.41) is 0. The van der Waals surface area contributed by atoms with E-state index in [-0.39, 0.29) is 12.6 Å². The molecule has 0 unspecified atom stereocenters. The second-order valence-corrected chi connectivity index (χ2v) is 7.05. The Morgan fingerprint density at radius 2 is 0.556 bits per heavy atom. The first-order valence-corrected chi connectivity index (χ1v) is 12.7. The van der Waals surface area contributed by atoms with Crippen molar-refractivity contribution in [3.8, 4) is 0 Å². The highest BCUT2D eigenvalue weighted by molar-refractivity contribution is 5.65. The Hall–Kier alpha value is -0.930. The van der Waals surface area contributed by atoms with Crippen LogP contribution in [0, 0.1) is 0 Å². The zero-order valence-corrected chi connectivity index (χ0v) is 22.2. The van der Waals surface area contributed by atoms with E-state index in [2.05, 4.69) is 0 Å². The first kappa shape index (κ1) is 35.1. The maximum absolute atomic E-state index is 10.6. The maximum atomic E-state index is 10.6. The molecule has 0 bridgehead atoms. The van der Waals surface area contributed by atoms with E-state index in [0.717, 1.165) is 0 Å². The summed E-state index contributed by atoms with van der Waals surface area (Å²) in [5.74, 6) is -0.309. The summed E-state index contributed by atoms with van der Waals surface area (Å²) in [6.45, 7) is 14.0. The Balaban J connectivity index is 3.02. The molecule has 0 rings (SSSR count). The molecule has 0 saturated heterocycles. The van der Waals surface area contributed by atoms with Crippen LogP contribution < -0.4 is 0 Å². The van der Waals surface area contributed by atoms with Crippen molar-refractivity contribution in [1.82, 2.24) is 0 Å². The Bertz CT molecular complexity index is 428. The molecule has 0 saturated carbocycles. The molecule has 0 aliphatic carbocycles. The van der Waals surface area contributed by atoms with Gasteiger partial charge in [0, 0.05) is 13.5 Å². The van der Waals surface area contributed by atoms with E-state index in [1.807, 2.05) is 6.92 Å². The summed E-state index contributed by atoms with van der Waals surface area (Å²) in [6.07, 6.45) is 0. The summed E-state index contributed by atoms with van der Waals surface area (Å²) in [4.78, 5) is 10.6. The molecule has 0 fully saturated rings. The first-order chi connectivity index (χ1) is 17.8. The number of ether oxygens (including phenoxy) is 11. The van der Waals surface area contributed by atoms with Crippen molar-refractivity contribution in [2.75, 3.05) is 139 Å². The molecule has 0 amide bonds. The highest BCUT2D eigenvalue weighted by atomic mass is 16.6. The van der Waals surface area contributed by atoms with E-state index in [0.29, 0.717) is 132 Å². The summed E-state index contributed by atoms with van der Waals surface area (Å²) >= 11 is 0. The largest absolute Gasteiger partial charge is 0.463 e. The van der Waals surface area contributed by atoms with Gasteiger partial charge in [-0.1, -0.05) is 0 Å². The second kappa shape index (κ2) is 32.1. The molecule has 0 heterocycles. The molecular weight excluding hydrogens is 480 g/mol. The van der Waals surface area contributed by atoms with Crippen LogP contribution in [-0.4, -0.2) is 145 Å². The van der Waals surface area contributed by atoms with Crippen LogP contribution in [0.4, 0.5) is 0 Å². The molecule has 12 heteroatoms. The minimum atomic E-state index is -0.309. The van der Waals surface area contributed by atoms with Crippen LogP contribution in [0.25, 0.3) is 0 Å². The van der Waals surface area contributed by atoms with Crippen molar-refractivity contribution in [3.05, 3.63) is 0 Å². The van der Waals surface area contributed by atoms with Gasteiger partial charge in [0.1, 0.15) is 6.61 Å². The molecule has 0 aromatic heterocycles. The van der Waals surface area contributed by atoms with E-state index in [1.165, 1.54) is 6.92 Å². The van der Waals surface area contributed by atoms with Gasteiger partial charge >= 0.3 is 5.97 Å². The lowest BCUT2D eigenvalue weighted by Crippen LogP contribution is -2.15. The lowest BCUT2D eigenvalue weighted by molar-refractivity contribution is -0.142. The van der Waals surface area contributed by atoms with Gasteiger partial charge in [-0.05, 0) is 6.92 Å². The summed E-state index contributed by atoms with van der Waals surface area (Å²) in [5.41, 5.74) is 0. The van der Waals surface area contributed by atoms with E-state index < -0.39 is 0 Å². The van der Waals surface area contributed by atoms with Crippen LogP contribution in [-0.2, 0) is 56.9 Å². The summed E-state index contributed by atoms with van der Waals surface area (Å²) in [6, 6.07) is 0. The topological polar surface area (TPSA) is 119 Å². The maximum Gasteiger partial charge on any atom is 0.302 e. The molecule has 0 spiro atoms. The predicted molar refractivity (Wildman–Crippen MR) is 130 cm³/mol. The van der Waals surface area contributed by atoms with Crippen molar-refractivity contribution in [2.24, 2.45) is 0 Å². The summed E-state index contributed by atoms with van der Waals surface area (Å²) < 4.78 is 58.4. The van der Waals surface area contributed by atoms with Gasteiger partial charge in [-0.25, -0.2) is 0 Å². The van der Waals surface area contributed by atoms with Gasteiger partial charge in [-0.3, -0.25) is 4.79 Å². The average molecular weight is 529 g/mol. The van der Waals surface area contributed by atoms with Gasteiger partial charge in [-0.2, -0.15) is 0 Å². The third kappa shape index (κ3) is 33.1. The fraction of sp³-hybridized carbons (Fsp3) is 0.958. The van der Waals surface area contributed by atoms with E-state index in [1.54, 1.807) is 0 Å². The van der Waals surface area contributed by atoms with Crippen LogP contribution in [0.2, 0.25) is 0 Å². The van der Waals surface area contributed by atoms with Gasteiger partial charge < -0.3 is 52.1 Å². The molecular formula is C24H48O12. The molecule has 216 valence electrons. The molecule has 0 aliphatic heterocycles. The quantitative estimate of drug-likeness (QED) is 0.0932. The number of rotatable bonds is 31. The molecule has 0 aromatic carbocycles. The fourth-order valence-corrected chi connectivity index (χ4v) is 2.37. The minimum Gasteiger partial charge on any atom is -0.463 e. The molecule has 0 N–H and O–H groups in total. The number of hydrogen-bond acceptors (Lipinski definition) is 12. The van der Waals surface area contributed by atoms with Crippen molar-refractivity contribution >= 4 is 5.97 Å². The molecule has 12 nitrogen and oxygen atoms in total. The van der Waals surface area contributed by atoms with E-state index in [9.17, 15) is 4.79 Å². The van der Waals surface area contributed by atoms with Gasteiger partial charge in [0.15, 0.2) is 0 Å². The molecule has 0 aromatic rings. The Morgan fingerprint density at radius 1 is 0.361 bits per heavy atom. The number of hydrogen-bond donors (Lipinski definition) is 0. The second-order valence-electron chi connectivity index (χ2n) is 7.05. The fourth-order valence-electron chi connectivity index (χ4n) is 2.37. The highest BCUT2D eigenvalue weighted by Crippen LogP contribution is 1.87. The lowest BCUT2D eigenvalue weighted by atomic mass is 10.6. The van der Waals surface area contributed by atoms with E-state index in [4.69, 9.17) is 52.1 Å². The van der Waals surface area contributed by atoms with Gasteiger partial charge in [-0.15, -0.1) is 0 Å². The monoisotopic (exact) mass is 528 g/mol. The Kier molecular flexibility index (Phi) is 31.3. The standard InChI is InChI=1S/C24H48O12/c1-3-26-4-5-27-6-7-28-8-9-29-10-11-30-12-13-31-14-15-32-16-17-33-18-19-34-20-21-35-22-23-36-24(2)25/h3-23H2,1-2H3. The van der Waals surface area contributed by atoms with Crippen LogP contribution in [0.5, 0.6) is 0 Å². The van der Waals surface area contributed by atoms with Gasteiger partial charge in [0.05, 0.1) is 126 Å². The number of esters is 1. The zero-order valence-electron chi connectivity index (χ0n) is 22.2. The van der Waals surface area contributed by atoms with Crippen LogP contribution in [0.3, 0.4) is 0 Å². The minimum absolute atomic E-state index is 0.262. The average Bonchev–Trinajstić information content (AvgIpc) is 2.87. The normalized spacial score (nSPS) is 11.3. The zero-order chi connectivity index (χ0) is 26.2. The smallest absolute Gasteiger partial charge is 0.302 e. The molecule has 0 atom stereocenters. The van der Waals surface area contributed by atoms with Crippen molar-refractivity contribution in [2.45, 2.75) is 13.8 Å². The number of carbonyl (C=O) groups excluding carboxylic acids is 1. The Morgan fingerprint density at radius 3 is 0.750 bits per heavy atom. The van der Waals surface area contributed by atoms with Gasteiger partial charge in [0.25, 0.3) is 0 Å². The Labute approximate surface area is 216 Å². The molecule has 36 heavy (non-hydrogen) atoms. The third-order valence-corrected chi connectivity index (χ3v) is 4.09. The molecule has 0 aliphatic rings. The lowest BCUT2D eigenvalue weighted by Gasteiger charge is -2.09. The third-order valence-electron chi connectivity index (χ3n) is 4.09. The van der Waals surface area contributed by atoms with Crippen molar-refractivity contribution in [3.63, 3.8) is 0 Å². The van der Waals surface area contributed by atoms with E-state index >= 15 is 0 Å². The first-order valence-electron chi connectivity index (χ1n) is 12.7. The highest BCUT2D eigenvalue weighted by Gasteiger charge is 1.96. The van der Waals surface area contributed by atoms with Crippen molar-refractivity contribution in [1.29, 1.82) is 0 Å². The summed E-state index contributed by atoms with van der Waals surface area (Å²) in [7, 11) is 0. The predicted octanol–water partition coefficient (Wildman–Crippen LogP) is 0.735. The van der Waals surface area contributed by atoms with Gasteiger partial charge in [0.2, 0.25) is 0 Å². The van der Waals surface area contributed by atoms with Crippen molar-refractivity contribution < 1.29 is 56.9 Å². The van der Waals surface area contributed by atoms with Crippen LogP contribution in [0.15, 0.2) is 0 Å². The molecule has 0 radical (unpaired) electrons. The van der Waals surface area contributed by atoms with Crippen LogP contribution >= 0.6 is 0 Å². The van der Waals surface area contributed by atoms with Crippen LogP contribution in [0.1, 0.15) is 13.8 Å².